The zero-order valence-electron chi connectivity index (χ0n) is 14.7. The van der Waals surface area contributed by atoms with Gasteiger partial charge in [0.05, 0.1) is 6.42 Å². The lowest BCUT2D eigenvalue weighted by molar-refractivity contribution is -0.120. The minimum atomic E-state index is -0.0152. The van der Waals surface area contributed by atoms with Gasteiger partial charge in [0, 0.05) is 66.2 Å². The third-order valence-corrected chi connectivity index (χ3v) is 4.39. The molecule has 4 heterocycles. The second-order valence-electron chi connectivity index (χ2n) is 6.27. The number of aromatic amines is 1. The molecule has 0 saturated heterocycles. The molecule has 6 heteroatoms. The van der Waals surface area contributed by atoms with E-state index in [4.69, 9.17) is 0 Å². The van der Waals surface area contributed by atoms with E-state index in [1.54, 1.807) is 18.6 Å². The van der Waals surface area contributed by atoms with Gasteiger partial charge in [0.1, 0.15) is 5.65 Å². The number of nitrogens with one attached hydrogen (secondary N) is 2. The maximum atomic E-state index is 12.3. The van der Waals surface area contributed by atoms with Gasteiger partial charge in [0.25, 0.3) is 0 Å². The zero-order chi connectivity index (χ0) is 18.5. The fraction of sp³-hybridized carbons (Fsp3) is 0.143. The normalized spacial score (nSPS) is 10.8. The fourth-order valence-electron chi connectivity index (χ4n) is 3.01. The highest BCUT2D eigenvalue weighted by Gasteiger charge is 2.11. The largest absolute Gasteiger partial charge is 0.355 e. The minimum Gasteiger partial charge on any atom is -0.355 e. The SMILES string of the molecule is O=C(Cc1c[nH]c2ncc(-c3cccnc3)cc12)NCCc1ccccn1. The van der Waals surface area contributed by atoms with Gasteiger partial charge in [-0.25, -0.2) is 4.98 Å². The molecule has 4 rings (SSSR count). The molecule has 27 heavy (non-hydrogen) atoms. The van der Waals surface area contributed by atoms with E-state index >= 15 is 0 Å². The molecular formula is C21H19N5O. The van der Waals surface area contributed by atoms with Crippen LogP contribution in [0.5, 0.6) is 0 Å². The van der Waals surface area contributed by atoms with Crippen LogP contribution in [0, 0.1) is 0 Å². The monoisotopic (exact) mass is 357 g/mol. The number of amides is 1. The minimum absolute atomic E-state index is 0.0152. The predicted octanol–water partition coefficient (Wildman–Crippen LogP) is 2.92. The van der Waals surface area contributed by atoms with Crippen molar-refractivity contribution in [3.63, 3.8) is 0 Å². The highest BCUT2D eigenvalue weighted by Crippen LogP contribution is 2.24. The van der Waals surface area contributed by atoms with E-state index in [0.717, 1.165) is 33.4 Å². The Morgan fingerprint density at radius 2 is 2.00 bits per heavy atom. The molecule has 0 bridgehead atoms. The van der Waals surface area contributed by atoms with Gasteiger partial charge >= 0.3 is 0 Å². The molecular weight excluding hydrogens is 338 g/mol. The van der Waals surface area contributed by atoms with E-state index in [-0.39, 0.29) is 5.91 Å². The number of pyridine rings is 3. The van der Waals surface area contributed by atoms with Crippen LogP contribution >= 0.6 is 0 Å². The molecule has 134 valence electrons. The van der Waals surface area contributed by atoms with Crippen molar-refractivity contribution < 1.29 is 4.79 Å². The lowest BCUT2D eigenvalue weighted by Crippen LogP contribution is -2.27. The molecule has 0 aliphatic heterocycles. The lowest BCUT2D eigenvalue weighted by atomic mass is 10.1. The summed E-state index contributed by atoms with van der Waals surface area (Å²) >= 11 is 0. The molecule has 0 unspecified atom stereocenters. The van der Waals surface area contributed by atoms with Gasteiger partial charge in [-0.05, 0) is 29.8 Å². The van der Waals surface area contributed by atoms with Crippen molar-refractivity contribution in [1.29, 1.82) is 0 Å². The van der Waals surface area contributed by atoms with Gasteiger partial charge in [-0.15, -0.1) is 0 Å². The number of aromatic nitrogens is 4. The first-order valence-electron chi connectivity index (χ1n) is 8.82. The van der Waals surface area contributed by atoms with Crippen molar-refractivity contribution in [2.45, 2.75) is 12.8 Å². The summed E-state index contributed by atoms with van der Waals surface area (Å²) in [7, 11) is 0. The summed E-state index contributed by atoms with van der Waals surface area (Å²) in [6, 6.07) is 11.7. The smallest absolute Gasteiger partial charge is 0.224 e. The van der Waals surface area contributed by atoms with E-state index in [1.165, 1.54) is 0 Å². The summed E-state index contributed by atoms with van der Waals surface area (Å²) in [6.07, 6.45) is 9.99. The van der Waals surface area contributed by atoms with Crippen LogP contribution in [0.4, 0.5) is 0 Å². The highest BCUT2D eigenvalue weighted by molar-refractivity contribution is 5.89. The Labute approximate surface area is 156 Å². The number of nitrogens with zero attached hydrogens (tertiary/aromatic N) is 3. The van der Waals surface area contributed by atoms with E-state index in [9.17, 15) is 4.79 Å². The summed E-state index contributed by atoms with van der Waals surface area (Å²) in [5, 5.41) is 3.91. The predicted molar refractivity (Wildman–Crippen MR) is 104 cm³/mol. The van der Waals surface area contributed by atoms with Crippen molar-refractivity contribution in [2.24, 2.45) is 0 Å². The van der Waals surface area contributed by atoms with Gasteiger partial charge in [-0.3, -0.25) is 14.8 Å². The first-order valence-corrected chi connectivity index (χ1v) is 8.82. The second-order valence-corrected chi connectivity index (χ2v) is 6.27. The molecule has 6 nitrogen and oxygen atoms in total. The van der Waals surface area contributed by atoms with Crippen molar-refractivity contribution in [1.82, 2.24) is 25.3 Å². The number of H-pyrrole nitrogens is 1. The van der Waals surface area contributed by atoms with E-state index in [1.807, 2.05) is 48.8 Å². The molecule has 2 N–H and O–H groups in total. The molecule has 0 saturated carbocycles. The van der Waals surface area contributed by atoms with Crippen molar-refractivity contribution in [3.8, 4) is 11.1 Å². The molecule has 0 aliphatic rings. The van der Waals surface area contributed by atoms with Crippen LogP contribution in [0.2, 0.25) is 0 Å². The standard InChI is InChI=1S/C21H19N5O/c27-20(24-9-6-18-5-1-2-8-23-18)11-17-14-26-21-19(17)10-16(13-25-21)15-4-3-7-22-12-15/h1-5,7-8,10,12-14H,6,9,11H2,(H,24,27)(H,25,26). The van der Waals surface area contributed by atoms with Crippen molar-refractivity contribution >= 4 is 16.9 Å². The van der Waals surface area contributed by atoms with Gasteiger partial charge in [0.15, 0.2) is 0 Å². The summed E-state index contributed by atoms with van der Waals surface area (Å²) in [5.41, 5.74) is 4.65. The first-order chi connectivity index (χ1) is 13.3. The second kappa shape index (κ2) is 7.78. The third-order valence-electron chi connectivity index (χ3n) is 4.39. The van der Waals surface area contributed by atoms with E-state index in [0.29, 0.717) is 19.4 Å². The van der Waals surface area contributed by atoms with Gasteiger partial charge in [0.2, 0.25) is 5.91 Å². The van der Waals surface area contributed by atoms with Crippen LogP contribution in [0.15, 0.2) is 67.4 Å². The van der Waals surface area contributed by atoms with E-state index < -0.39 is 0 Å². The van der Waals surface area contributed by atoms with Crippen molar-refractivity contribution in [2.75, 3.05) is 6.54 Å². The molecule has 0 radical (unpaired) electrons. The average Bonchev–Trinajstić information content (AvgIpc) is 3.11. The summed E-state index contributed by atoms with van der Waals surface area (Å²) in [5.74, 6) is -0.0152. The number of hydrogen-bond donors (Lipinski definition) is 2. The Balaban J connectivity index is 1.44. The number of hydrogen-bond acceptors (Lipinski definition) is 4. The molecule has 1 amide bonds. The maximum Gasteiger partial charge on any atom is 0.224 e. The Kier molecular flexibility index (Phi) is 4.87. The molecule has 0 atom stereocenters. The van der Waals surface area contributed by atoms with Crippen LogP contribution in [-0.2, 0) is 17.6 Å². The van der Waals surface area contributed by atoms with Crippen LogP contribution in [0.1, 0.15) is 11.3 Å². The first kappa shape index (κ1) is 16.9. The lowest BCUT2D eigenvalue weighted by Gasteiger charge is -2.05. The van der Waals surface area contributed by atoms with E-state index in [2.05, 4.69) is 25.3 Å². The van der Waals surface area contributed by atoms with Crippen molar-refractivity contribution in [3.05, 3.63) is 78.6 Å². The Morgan fingerprint density at radius 3 is 2.81 bits per heavy atom. The van der Waals surface area contributed by atoms with Crippen LogP contribution in [0.3, 0.4) is 0 Å². The Bertz CT molecular complexity index is 1040. The van der Waals surface area contributed by atoms with Crippen LogP contribution in [-0.4, -0.2) is 32.4 Å². The zero-order valence-corrected chi connectivity index (χ0v) is 14.7. The summed E-state index contributed by atoms with van der Waals surface area (Å²) in [4.78, 5) is 28.3. The molecule has 0 spiro atoms. The van der Waals surface area contributed by atoms with Gasteiger partial charge in [-0.1, -0.05) is 12.1 Å². The Morgan fingerprint density at radius 1 is 1.04 bits per heavy atom. The molecule has 4 aromatic heterocycles. The average molecular weight is 357 g/mol. The van der Waals surface area contributed by atoms with Gasteiger partial charge < -0.3 is 10.3 Å². The molecule has 0 aliphatic carbocycles. The van der Waals surface area contributed by atoms with Gasteiger partial charge in [-0.2, -0.15) is 0 Å². The number of fused-ring (bicyclic) bond motifs is 1. The maximum absolute atomic E-state index is 12.3. The number of carbonyl (C=O) groups is 1. The van der Waals surface area contributed by atoms with Crippen LogP contribution < -0.4 is 5.32 Å². The molecule has 4 aromatic rings. The molecule has 0 fully saturated rings. The Hall–Kier alpha value is -3.54. The highest BCUT2D eigenvalue weighted by atomic mass is 16.1. The third kappa shape index (κ3) is 4.00. The topological polar surface area (TPSA) is 83.6 Å². The van der Waals surface area contributed by atoms with Crippen LogP contribution in [0.25, 0.3) is 22.2 Å². The quantitative estimate of drug-likeness (QED) is 0.556. The fourth-order valence-corrected chi connectivity index (χ4v) is 3.01. The summed E-state index contributed by atoms with van der Waals surface area (Å²) < 4.78 is 0. The molecule has 0 aromatic carbocycles. The number of carbonyl (C=O) groups excluding carboxylic acids is 1. The number of rotatable bonds is 6. The summed E-state index contributed by atoms with van der Waals surface area (Å²) in [6.45, 7) is 0.567.